The van der Waals surface area contributed by atoms with Crippen molar-refractivity contribution in [3.63, 3.8) is 0 Å². The summed E-state index contributed by atoms with van der Waals surface area (Å²) in [5.74, 6) is -0.888. The fourth-order valence-corrected chi connectivity index (χ4v) is 1.33. The zero-order valence-electron chi connectivity index (χ0n) is 9.65. The monoisotopic (exact) mass is 225 g/mol. The third-order valence-electron chi connectivity index (χ3n) is 2.09. The van der Waals surface area contributed by atoms with E-state index in [9.17, 15) is 9.59 Å². The van der Waals surface area contributed by atoms with Gasteiger partial charge in [-0.05, 0) is 26.0 Å². The third-order valence-corrected chi connectivity index (χ3v) is 2.09. The quantitative estimate of drug-likeness (QED) is 0.726. The summed E-state index contributed by atoms with van der Waals surface area (Å²) in [6, 6.07) is 3.09. The molecule has 0 aliphatic carbocycles. The molecule has 5 nitrogen and oxygen atoms in total. The van der Waals surface area contributed by atoms with Crippen molar-refractivity contribution in [3.8, 4) is 0 Å². The van der Waals surface area contributed by atoms with E-state index < -0.39 is 11.9 Å². The van der Waals surface area contributed by atoms with Crippen LogP contribution in [-0.2, 0) is 16.5 Å². The summed E-state index contributed by atoms with van der Waals surface area (Å²) in [5.41, 5.74) is 0.676. The molecule has 0 saturated heterocycles. The Morgan fingerprint density at radius 1 is 1.06 bits per heavy atom. The summed E-state index contributed by atoms with van der Waals surface area (Å²) in [6.45, 7) is 4.07. The van der Waals surface area contributed by atoms with Crippen molar-refractivity contribution in [2.75, 3.05) is 13.2 Å². The minimum absolute atomic E-state index is 0.304. The minimum atomic E-state index is -0.444. The number of ether oxygens (including phenoxy) is 2. The molecule has 16 heavy (non-hydrogen) atoms. The molecule has 1 rings (SSSR count). The van der Waals surface area contributed by atoms with Crippen LogP contribution in [0.25, 0.3) is 0 Å². The number of carbonyl (C=O) groups excluding carboxylic acids is 2. The first-order valence-electron chi connectivity index (χ1n) is 5.11. The van der Waals surface area contributed by atoms with E-state index in [1.165, 1.54) is 4.57 Å². The fourth-order valence-electron chi connectivity index (χ4n) is 1.33. The maximum absolute atomic E-state index is 11.5. The van der Waals surface area contributed by atoms with Gasteiger partial charge in [0.05, 0.1) is 13.2 Å². The van der Waals surface area contributed by atoms with Gasteiger partial charge in [-0.15, -0.1) is 0 Å². The zero-order chi connectivity index (χ0) is 12.1. The molecule has 1 aromatic rings. The highest BCUT2D eigenvalue weighted by atomic mass is 16.5. The van der Waals surface area contributed by atoms with Gasteiger partial charge in [-0.3, -0.25) is 0 Å². The number of aromatic nitrogens is 1. The topological polar surface area (TPSA) is 57.5 Å². The molecule has 88 valence electrons. The fraction of sp³-hybridized carbons (Fsp3) is 0.455. The van der Waals surface area contributed by atoms with Crippen LogP contribution in [0.2, 0.25) is 0 Å². The molecule has 0 fully saturated rings. The van der Waals surface area contributed by atoms with Crippen LogP contribution in [0.1, 0.15) is 34.8 Å². The molecule has 0 aromatic carbocycles. The highest BCUT2D eigenvalue weighted by molar-refractivity contribution is 5.93. The average molecular weight is 225 g/mol. The van der Waals surface area contributed by atoms with Gasteiger partial charge in [-0.2, -0.15) is 0 Å². The van der Waals surface area contributed by atoms with Crippen LogP contribution in [0.5, 0.6) is 0 Å². The van der Waals surface area contributed by atoms with Gasteiger partial charge in [0, 0.05) is 7.05 Å². The molecule has 0 bridgehead atoms. The molecule has 0 saturated carbocycles. The molecule has 0 N–H and O–H groups in total. The summed E-state index contributed by atoms with van der Waals surface area (Å²) < 4.78 is 11.2. The number of carbonyl (C=O) groups is 2. The molecule has 0 aliphatic rings. The lowest BCUT2D eigenvalue weighted by Gasteiger charge is -2.06. The molecular weight excluding hydrogens is 210 g/mol. The predicted octanol–water partition coefficient (Wildman–Crippen LogP) is 1.38. The van der Waals surface area contributed by atoms with Crippen LogP contribution in [0.15, 0.2) is 12.1 Å². The second-order valence-electron chi connectivity index (χ2n) is 3.10. The van der Waals surface area contributed by atoms with E-state index >= 15 is 0 Å². The normalized spacial score (nSPS) is 9.94. The SMILES string of the molecule is CCOC(=O)c1ccc(C(=O)OCC)n1C. The maximum atomic E-state index is 11.5. The van der Waals surface area contributed by atoms with Crippen LogP contribution >= 0.6 is 0 Å². The van der Waals surface area contributed by atoms with E-state index in [1.807, 2.05) is 0 Å². The first-order chi connectivity index (χ1) is 7.61. The Kier molecular flexibility index (Phi) is 4.10. The van der Waals surface area contributed by atoms with Gasteiger partial charge in [0.15, 0.2) is 0 Å². The average Bonchev–Trinajstić information content (AvgIpc) is 2.61. The van der Waals surface area contributed by atoms with Gasteiger partial charge in [-0.1, -0.05) is 0 Å². The number of esters is 2. The molecule has 0 atom stereocenters. The standard InChI is InChI=1S/C11H15NO4/c1-4-15-10(13)8-6-7-9(12(8)3)11(14)16-5-2/h6-7H,4-5H2,1-3H3. The van der Waals surface area contributed by atoms with Crippen molar-refractivity contribution < 1.29 is 19.1 Å². The first-order valence-corrected chi connectivity index (χ1v) is 5.11. The number of rotatable bonds is 4. The van der Waals surface area contributed by atoms with E-state index in [0.29, 0.717) is 24.6 Å². The Hall–Kier alpha value is -1.78. The Morgan fingerprint density at radius 3 is 1.75 bits per heavy atom. The first kappa shape index (κ1) is 12.3. The molecule has 0 radical (unpaired) electrons. The summed E-state index contributed by atoms with van der Waals surface area (Å²) >= 11 is 0. The highest BCUT2D eigenvalue weighted by Crippen LogP contribution is 2.10. The van der Waals surface area contributed by atoms with E-state index in [-0.39, 0.29) is 0 Å². The molecule has 0 aliphatic heterocycles. The van der Waals surface area contributed by atoms with Crippen molar-refractivity contribution in [2.45, 2.75) is 13.8 Å². The second kappa shape index (κ2) is 5.34. The van der Waals surface area contributed by atoms with Gasteiger partial charge >= 0.3 is 11.9 Å². The molecule has 0 unspecified atom stereocenters. The van der Waals surface area contributed by atoms with Crippen LogP contribution in [0, 0.1) is 0 Å². The van der Waals surface area contributed by atoms with Crippen molar-refractivity contribution in [2.24, 2.45) is 7.05 Å². The third kappa shape index (κ3) is 2.42. The van der Waals surface area contributed by atoms with Crippen molar-refractivity contribution in [3.05, 3.63) is 23.5 Å². The number of hydrogen-bond donors (Lipinski definition) is 0. The van der Waals surface area contributed by atoms with E-state index in [2.05, 4.69) is 0 Å². The molecule has 1 heterocycles. The molecule has 0 amide bonds. The van der Waals surface area contributed by atoms with Crippen LogP contribution < -0.4 is 0 Å². The maximum Gasteiger partial charge on any atom is 0.354 e. The van der Waals surface area contributed by atoms with Crippen LogP contribution in [0.3, 0.4) is 0 Å². The molecular formula is C11H15NO4. The second-order valence-corrected chi connectivity index (χ2v) is 3.10. The lowest BCUT2D eigenvalue weighted by atomic mass is 10.4. The molecule has 5 heteroatoms. The molecule has 1 aromatic heterocycles. The summed E-state index contributed by atoms with van der Waals surface area (Å²) in [4.78, 5) is 22.9. The van der Waals surface area contributed by atoms with Crippen LogP contribution in [-0.4, -0.2) is 29.7 Å². The number of nitrogens with zero attached hydrogens (tertiary/aromatic N) is 1. The van der Waals surface area contributed by atoms with Gasteiger partial charge in [0.1, 0.15) is 11.4 Å². The summed E-state index contributed by atoms with van der Waals surface area (Å²) in [6.07, 6.45) is 0. The predicted molar refractivity (Wildman–Crippen MR) is 57.3 cm³/mol. The van der Waals surface area contributed by atoms with Crippen LogP contribution in [0.4, 0.5) is 0 Å². The smallest absolute Gasteiger partial charge is 0.354 e. The Labute approximate surface area is 94.0 Å². The van der Waals surface area contributed by atoms with Crippen molar-refractivity contribution in [1.29, 1.82) is 0 Å². The summed E-state index contributed by atoms with van der Waals surface area (Å²) in [5, 5.41) is 0. The minimum Gasteiger partial charge on any atom is -0.461 e. The highest BCUT2D eigenvalue weighted by Gasteiger charge is 2.18. The van der Waals surface area contributed by atoms with Crippen molar-refractivity contribution in [1.82, 2.24) is 4.57 Å². The lowest BCUT2D eigenvalue weighted by molar-refractivity contribution is 0.0506. The van der Waals surface area contributed by atoms with Gasteiger partial charge in [-0.25, -0.2) is 9.59 Å². The van der Waals surface area contributed by atoms with Gasteiger partial charge in [0.2, 0.25) is 0 Å². The van der Waals surface area contributed by atoms with Gasteiger partial charge in [0.25, 0.3) is 0 Å². The van der Waals surface area contributed by atoms with E-state index in [4.69, 9.17) is 9.47 Å². The Balaban J connectivity index is 2.92. The summed E-state index contributed by atoms with van der Waals surface area (Å²) in [7, 11) is 1.62. The largest absolute Gasteiger partial charge is 0.461 e. The van der Waals surface area contributed by atoms with E-state index in [1.54, 1.807) is 33.0 Å². The Morgan fingerprint density at radius 2 is 1.44 bits per heavy atom. The number of hydrogen-bond acceptors (Lipinski definition) is 4. The van der Waals surface area contributed by atoms with Gasteiger partial charge < -0.3 is 14.0 Å². The molecule has 0 spiro atoms. The zero-order valence-corrected chi connectivity index (χ0v) is 9.65. The van der Waals surface area contributed by atoms with E-state index in [0.717, 1.165) is 0 Å². The Bertz CT molecular complexity index is 359. The lowest BCUT2D eigenvalue weighted by Crippen LogP contribution is -2.15. The van der Waals surface area contributed by atoms with Crippen molar-refractivity contribution >= 4 is 11.9 Å².